The van der Waals surface area contributed by atoms with Gasteiger partial charge in [-0.2, -0.15) is 0 Å². The molecule has 0 bridgehead atoms. The molecular formula is C24H24N2O5. The molecule has 1 aromatic heterocycles. The van der Waals surface area contributed by atoms with Crippen LogP contribution in [0.4, 0.5) is 0 Å². The molecule has 0 radical (unpaired) electrons. The molecule has 7 nitrogen and oxygen atoms in total. The van der Waals surface area contributed by atoms with E-state index in [1.54, 1.807) is 12.3 Å². The Labute approximate surface area is 179 Å². The highest BCUT2D eigenvalue weighted by molar-refractivity contribution is 5.96. The van der Waals surface area contributed by atoms with Gasteiger partial charge in [0.2, 0.25) is 0 Å². The SMILES string of the molecule is O=C(N[C@@H](CCCO)C(=O)O)c1cccn(C(c2ccccc2)c2ccccc2)c1=O. The monoisotopic (exact) mass is 420 g/mol. The van der Waals surface area contributed by atoms with Crippen molar-refractivity contribution in [2.24, 2.45) is 0 Å². The van der Waals surface area contributed by atoms with Gasteiger partial charge >= 0.3 is 5.97 Å². The minimum atomic E-state index is -1.22. The maximum atomic E-state index is 13.3. The zero-order valence-corrected chi connectivity index (χ0v) is 16.8. The quantitative estimate of drug-likeness (QED) is 0.493. The molecule has 0 aliphatic rings. The van der Waals surface area contributed by atoms with Crippen molar-refractivity contribution < 1.29 is 19.8 Å². The molecule has 0 spiro atoms. The van der Waals surface area contributed by atoms with Crippen molar-refractivity contribution in [3.8, 4) is 0 Å². The van der Waals surface area contributed by atoms with Crippen LogP contribution in [0.1, 0.15) is 40.4 Å². The maximum Gasteiger partial charge on any atom is 0.326 e. The predicted molar refractivity (Wildman–Crippen MR) is 116 cm³/mol. The molecule has 7 heteroatoms. The number of carboxylic acids is 1. The molecule has 3 N–H and O–H groups in total. The summed E-state index contributed by atoms with van der Waals surface area (Å²) in [5.41, 5.74) is 1.08. The van der Waals surface area contributed by atoms with Crippen molar-refractivity contribution in [1.29, 1.82) is 0 Å². The van der Waals surface area contributed by atoms with E-state index >= 15 is 0 Å². The number of amides is 1. The maximum absolute atomic E-state index is 13.3. The zero-order valence-electron chi connectivity index (χ0n) is 16.8. The molecule has 0 saturated heterocycles. The third-order valence-corrected chi connectivity index (χ3v) is 4.98. The topological polar surface area (TPSA) is 109 Å². The summed E-state index contributed by atoms with van der Waals surface area (Å²) < 4.78 is 1.48. The van der Waals surface area contributed by atoms with Crippen LogP contribution in [0.15, 0.2) is 83.8 Å². The van der Waals surface area contributed by atoms with Crippen LogP contribution < -0.4 is 10.9 Å². The first-order valence-electron chi connectivity index (χ1n) is 9.98. The summed E-state index contributed by atoms with van der Waals surface area (Å²) in [7, 11) is 0. The van der Waals surface area contributed by atoms with Crippen molar-refractivity contribution in [1.82, 2.24) is 9.88 Å². The van der Waals surface area contributed by atoms with Crippen LogP contribution in [0, 0.1) is 0 Å². The Balaban J connectivity index is 2.00. The molecule has 31 heavy (non-hydrogen) atoms. The first-order chi connectivity index (χ1) is 15.0. The molecule has 0 saturated carbocycles. The van der Waals surface area contributed by atoms with E-state index in [1.165, 1.54) is 10.6 Å². The van der Waals surface area contributed by atoms with Gasteiger partial charge in [0.1, 0.15) is 11.6 Å². The van der Waals surface area contributed by atoms with Gasteiger partial charge in [0.25, 0.3) is 11.5 Å². The van der Waals surface area contributed by atoms with E-state index in [0.717, 1.165) is 11.1 Å². The van der Waals surface area contributed by atoms with Crippen LogP contribution in [0.2, 0.25) is 0 Å². The summed E-state index contributed by atoms with van der Waals surface area (Å²) in [6.07, 6.45) is 1.90. The molecule has 160 valence electrons. The second-order valence-electron chi connectivity index (χ2n) is 7.09. The molecule has 1 amide bonds. The molecule has 1 atom stereocenters. The van der Waals surface area contributed by atoms with Crippen LogP contribution in [0.25, 0.3) is 0 Å². The van der Waals surface area contributed by atoms with Gasteiger partial charge in [-0.1, -0.05) is 60.7 Å². The lowest BCUT2D eigenvalue weighted by molar-refractivity contribution is -0.139. The average Bonchev–Trinajstić information content (AvgIpc) is 2.79. The lowest BCUT2D eigenvalue weighted by Gasteiger charge is -2.22. The molecule has 0 unspecified atom stereocenters. The number of carbonyl (C=O) groups is 2. The number of carboxylic acid groups (broad SMARTS) is 1. The number of hydrogen-bond donors (Lipinski definition) is 3. The summed E-state index contributed by atoms with van der Waals surface area (Å²) in [5.74, 6) is -1.98. The summed E-state index contributed by atoms with van der Waals surface area (Å²) in [6, 6.07) is 20.3. The number of rotatable bonds is 9. The van der Waals surface area contributed by atoms with Gasteiger partial charge in [0.15, 0.2) is 0 Å². The van der Waals surface area contributed by atoms with E-state index in [9.17, 15) is 19.5 Å². The number of benzene rings is 2. The molecule has 0 fully saturated rings. The van der Waals surface area contributed by atoms with E-state index in [2.05, 4.69) is 5.32 Å². The number of hydrogen-bond acceptors (Lipinski definition) is 4. The number of aliphatic hydroxyl groups excluding tert-OH is 1. The summed E-state index contributed by atoms with van der Waals surface area (Å²) in [4.78, 5) is 37.4. The average molecular weight is 420 g/mol. The van der Waals surface area contributed by atoms with E-state index in [4.69, 9.17) is 5.11 Å². The standard InChI is InChI=1S/C24H24N2O5/c27-16-8-14-20(24(30)31)25-22(28)19-13-7-15-26(23(19)29)21(17-9-3-1-4-10-17)18-11-5-2-6-12-18/h1-7,9-13,15,20-21,27H,8,14,16H2,(H,25,28)(H,30,31)/t20-/m0/s1. The second-order valence-corrected chi connectivity index (χ2v) is 7.09. The van der Waals surface area contributed by atoms with E-state index in [1.807, 2.05) is 60.7 Å². The van der Waals surface area contributed by atoms with Crippen molar-refractivity contribution >= 4 is 11.9 Å². The molecule has 2 aromatic carbocycles. The molecular weight excluding hydrogens is 396 g/mol. The van der Waals surface area contributed by atoms with E-state index in [0.29, 0.717) is 0 Å². The van der Waals surface area contributed by atoms with Gasteiger partial charge in [0.05, 0.1) is 6.04 Å². The minimum Gasteiger partial charge on any atom is -0.480 e. The largest absolute Gasteiger partial charge is 0.480 e. The molecule has 0 aliphatic heterocycles. The van der Waals surface area contributed by atoms with Crippen LogP contribution in [-0.4, -0.2) is 39.3 Å². The van der Waals surface area contributed by atoms with Crippen LogP contribution in [0.5, 0.6) is 0 Å². The Bertz CT molecular complexity index is 1040. The molecule has 3 aromatic rings. The Kier molecular flexibility index (Phi) is 7.35. The van der Waals surface area contributed by atoms with Crippen molar-refractivity contribution in [2.45, 2.75) is 24.9 Å². The lowest BCUT2D eigenvalue weighted by Crippen LogP contribution is -2.43. The number of nitrogens with one attached hydrogen (secondary N) is 1. The third-order valence-electron chi connectivity index (χ3n) is 4.98. The highest BCUT2D eigenvalue weighted by Gasteiger charge is 2.24. The molecule has 3 rings (SSSR count). The van der Waals surface area contributed by atoms with Gasteiger partial charge in [-0.15, -0.1) is 0 Å². The van der Waals surface area contributed by atoms with Crippen LogP contribution >= 0.6 is 0 Å². The Hall–Kier alpha value is -3.71. The Morgan fingerprint density at radius 2 is 1.48 bits per heavy atom. The van der Waals surface area contributed by atoms with Crippen molar-refractivity contribution in [3.05, 3.63) is 106 Å². The van der Waals surface area contributed by atoms with Crippen LogP contribution in [-0.2, 0) is 4.79 Å². The predicted octanol–water partition coefficient (Wildman–Crippen LogP) is 2.44. The number of nitrogens with zero attached hydrogens (tertiary/aromatic N) is 1. The Morgan fingerprint density at radius 1 is 0.903 bits per heavy atom. The van der Waals surface area contributed by atoms with Gasteiger partial charge in [0, 0.05) is 12.8 Å². The summed E-state index contributed by atoms with van der Waals surface area (Å²) in [5, 5.41) is 20.7. The fraction of sp³-hybridized carbons (Fsp3) is 0.208. The fourth-order valence-electron chi connectivity index (χ4n) is 3.46. The number of pyridine rings is 1. The first-order valence-corrected chi connectivity index (χ1v) is 9.98. The fourth-order valence-corrected chi connectivity index (χ4v) is 3.46. The zero-order chi connectivity index (χ0) is 22.2. The third kappa shape index (κ3) is 5.26. The minimum absolute atomic E-state index is 0.0647. The van der Waals surface area contributed by atoms with E-state index < -0.39 is 29.5 Å². The summed E-state index contributed by atoms with van der Waals surface area (Å²) in [6.45, 7) is -0.187. The molecule has 1 heterocycles. The highest BCUT2D eigenvalue weighted by atomic mass is 16.4. The van der Waals surface area contributed by atoms with Gasteiger partial charge in [-0.3, -0.25) is 9.59 Å². The molecule has 0 aliphatic carbocycles. The first kappa shape index (κ1) is 22.0. The lowest BCUT2D eigenvalue weighted by atomic mass is 9.98. The van der Waals surface area contributed by atoms with Crippen molar-refractivity contribution in [2.75, 3.05) is 6.61 Å². The Morgan fingerprint density at radius 3 is 2.00 bits per heavy atom. The van der Waals surface area contributed by atoms with Gasteiger partial charge in [-0.25, -0.2) is 4.79 Å². The normalized spacial score (nSPS) is 11.8. The smallest absolute Gasteiger partial charge is 0.326 e. The summed E-state index contributed by atoms with van der Waals surface area (Å²) >= 11 is 0. The van der Waals surface area contributed by atoms with Crippen LogP contribution in [0.3, 0.4) is 0 Å². The van der Waals surface area contributed by atoms with E-state index in [-0.39, 0.29) is 25.0 Å². The number of aromatic nitrogens is 1. The number of carbonyl (C=O) groups excluding carboxylic acids is 1. The highest BCUT2D eigenvalue weighted by Crippen LogP contribution is 2.25. The number of aliphatic hydroxyl groups is 1. The number of aliphatic carboxylic acids is 1. The van der Waals surface area contributed by atoms with Crippen molar-refractivity contribution in [3.63, 3.8) is 0 Å². The second kappa shape index (κ2) is 10.4. The van der Waals surface area contributed by atoms with Gasteiger partial charge in [-0.05, 0) is 36.1 Å². The van der Waals surface area contributed by atoms with Gasteiger partial charge < -0.3 is 20.1 Å².